The molecule has 0 aliphatic carbocycles. The zero-order valence-corrected chi connectivity index (χ0v) is 9.85. The first-order chi connectivity index (χ1) is 8.40. The Morgan fingerprint density at radius 1 is 1.28 bits per heavy atom. The van der Waals surface area contributed by atoms with Gasteiger partial charge in [0.05, 0.1) is 6.42 Å². The van der Waals surface area contributed by atoms with Gasteiger partial charge in [0.2, 0.25) is 0 Å². The molecule has 0 fully saturated rings. The number of carboxylic acid groups (broad SMARTS) is 2. The first kappa shape index (κ1) is 14.0. The maximum Gasteiger partial charge on any atom is 0.326 e. The number of hydrogen-bond donors (Lipinski definition) is 3. The van der Waals surface area contributed by atoms with Gasteiger partial charge in [0.25, 0.3) is 5.91 Å². The van der Waals surface area contributed by atoms with Crippen LogP contribution in [0.1, 0.15) is 16.8 Å². The van der Waals surface area contributed by atoms with Crippen molar-refractivity contribution in [2.75, 3.05) is 0 Å². The molecule has 18 heavy (non-hydrogen) atoms. The molecule has 3 N–H and O–H groups in total. The summed E-state index contributed by atoms with van der Waals surface area (Å²) in [6.07, 6.45) is -0.693. The standard InChI is InChI=1S/C11H10ClNO5/c12-7-3-1-2-6(4-7)10(16)13-8(11(17)18)5-9(14)15/h1-4,8H,5H2,(H,13,16)(H,14,15)(H,17,18)/t8-/m0/s1. The molecule has 0 unspecified atom stereocenters. The number of carboxylic acids is 2. The average Bonchev–Trinajstić information content (AvgIpc) is 2.27. The summed E-state index contributed by atoms with van der Waals surface area (Å²) in [5.74, 6) is -3.41. The minimum atomic E-state index is -1.48. The molecule has 6 nitrogen and oxygen atoms in total. The van der Waals surface area contributed by atoms with Crippen LogP contribution in [0.4, 0.5) is 0 Å². The maximum atomic E-state index is 11.7. The molecule has 0 bridgehead atoms. The van der Waals surface area contributed by atoms with E-state index >= 15 is 0 Å². The minimum absolute atomic E-state index is 0.166. The Bertz CT molecular complexity index is 488. The largest absolute Gasteiger partial charge is 0.481 e. The van der Waals surface area contributed by atoms with Crippen molar-refractivity contribution in [3.63, 3.8) is 0 Å². The van der Waals surface area contributed by atoms with E-state index in [-0.39, 0.29) is 5.56 Å². The molecule has 7 heteroatoms. The zero-order valence-electron chi connectivity index (χ0n) is 9.09. The number of rotatable bonds is 5. The van der Waals surface area contributed by atoms with Crippen LogP contribution in [0.5, 0.6) is 0 Å². The van der Waals surface area contributed by atoms with Crippen LogP contribution < -0.4 is 5.32 Å². The van der Waals surface area contributed by atoms with E-state index in [0.717, 1.165) is 0 Å². The van der Waals surface area contributed by atoms with Gasteiger partial charge in [-0.2, -0.15) is 0 Å². The van der Waals surface area contributed by atoms with Crippen molar-refractivity contribution in [3.05, 3.63) is 34.9 Å². The van der Waals surface area contributed by atoms with Crippen LogP contribution in [0.2, 0.25) is 5.02 Å². The fourth-order valence-corrected chi connectivity index (χ4v) is 1.44. The second-order valence-corrected chi connectivity index (χ2v) is 3.91. The Hall–Kier alpha value is -2.08. The molecule has 0 saturated heterocycles. The van der Waals surface area contributed by atoms with Gasteiger partial charge in [-0.05, 0) is 18.2 Å². The van der Waals surface area contributed by atoms with Gasteiger partial charge in [-0.1, -0.05) is 17.7 Å². The first-order valence-electron chi connectivity index (χ1n) is 4.91. The number of halogens is 1. The number of aliphatic carboxylic acids is 2. The third-order valence-electron chi connectivity index (χ3n) is 2.07. The molecule has 0 aliphatic heterocycles. The lowest BCUT2D eigenvalue weighted by molar-refractivity contribution is -0.145. The third kappa shape index (κ3) is 4.06. The number of benzene rings is 1. The molecule has 1 aromatic rings. The normalized spacial score (nSPS) is 11.6. The average molecular weight is 272 g/mol. The Morgan fingerprint density at radius 2 is 1.94 bits per heavy atom. The number of carbonyl (C=O) groups excluding carboxylic acids is 1. The molecule has 0 radical (unpaired) electrons. The summed E-state index contributed by atoms with van der Waals surface area (Å²) >= 11 is 5.68. The second-order valence-electron chi connectivity index (χ2n) is 3.47. The summed E-state index contributed by atoms with van der Waals surface area (Å²) in [4.78, 5) is 32.9. The zero-order chi connectivity index (χ0) is 13.7. The van der Waals surface area contributed by atoms with E-state index in [1.807, 2.05) is 0 Å². The maximum absolute atomic E-state index is 11.7. The van der Waals surface area contributed by atoms with Crippen LogP contribution in [0, 0.1) is 0 Å². The van der Waals surface area contributed by atoms with E-state index in [1.54, 1.807) is 6.07 Å². The van der Waals surface area contributed by atoms with E-state index in [0.29, 0.717) is 5.02 Å². The Balaban J connectivity index is 2.78. The van der Waals surface area contributed by atoms with Crippen molar-refractivity contribution in [1.82, 2.24) is 5.32 Å². The van der Waals surface area contributed by atoms with Crippen molar-refractivity contribution >= 4 is 29.4 Å². The molecule has 0 spiro atoms. The van der Waals surface area contributed by atoms with Gasteiger partial charge in [-0.3, -0.25) is 9.59 Å². The molecular formula is C11H10ClNO5. The highest BCUT2D eigenvalue weighted by molar-refractivity contribution is 6.31. The van der Waals surface area contributed by atoms with Crippen molar-refractivity contribution in [2.24, 2.45) is 0 Å². The molecule has 0 aliphatic rings. The molecule has 1 aromatic carbocycles. The molecular weight excluding hydrogens is 262 g/mol. The van der Waals surface area contributed by atoms with Gasteiger partial charge >= 0.3 is 11.9 Å². The number of carbonyl (C=O) groups is 3. The minimum Gasteiger partial charge on any atom is -0.481 e. The van der Waals surface area contributed by atoms with Gasteiger partial charge in [-0.25, -0.2) is 4.79 Å². The van der Waals surface area contributed by atoms with E-state index in [9.17, 15) is 14.4 Å². The smallest absolute Gasteiger partial charge is 0.326 e. The lowest BCUT2D eigenvalue weighted by Crippen LogP contribution is -2.42. The van der Waals surface area contributed by atoms with Gasteiger partial charge in [-0.15, -0.1) is 0 Å². The summed E-state index contributed by atoms with van der Waals surface area (Å²) in [6.45, 7) is 0. The van der Waals surface area contributed by atoms with Crippen LogP contribution >= 0.6 is 11.6 Å². The molecule has 0 aromatic heterocycles. The molecule has 1 rings (SSSR count). The van der Waals surface area contributed by atoms with Crippen LogP contribution in [-0.2, 0) is 9.59 Å². The van der Waals surface area contributed by atoms with Crippen molar-refractivity contribution < 1.29 is 24.6 Å². The monoisotopic (exact) mass is 271 g/mol. The first-order valence-corrected chi connectivity index (χ1v) is 5.29. The van der Waals surface area contributed by atoms with Crippen LogP contribution in [-0.4, -0.2) is 34.1 Å². The Kier molecular flexibility index (Phi) is 4.67. The number of amides is 1. The Labute approximate surface area is 107 Å². The van der Waals surface area contributed by atoms with Crippen molar-refractivity contribution in [1.29, 1.82) is 0 Å². The highest BCUT2D eigenvalue weighted by Crippen LogP contribution is 2.10. The summed E-state index contributed by atoms with van der Waals surface area (Å²) in [5.41, 5.74) is 0.166. The van der Waals surface area contributed by atoms with Crippen LogP contribution in [0.3, 0.4) is 0 Å². The fourth-order valence-electron chi connectivity index (χ4n) is 1.25. The van der Waals surface area contributed by atoms with Crippen molar-refractivity contribution in [3.8, 4) is 0 Å². The molecule has 96 valence electrons. The van der Waals surface area contributed by atoms with Gasteiger partial charge in [0, 0.05) is 10.6 Å². The predicted octanol–water partition coefficient (Wildman–Crippen LogP) is 0.998. The van der Waals surface area contributed by atoms with Gasteiger partial charge in [0.15, 0.2) is 0 Å². The molecule has 1 atom stereocenters. The third-order valence-corrected chi connectivity index (χ3v) is 2.30. The van der Waals surface area contributed by atoms with Gasteiger partial charge in [0.1, 0.15) is 6.04 Å². The van der Waals surface area contributed by atoms with Gasteiger partial charge < -0.3 is 15.5 Å². The summed E-state index contributed by atoms with van der Waals surface area (Å²) < 4.78 is 0. The lowest BCUT2D eigenvalue weighted by atomic mass is 10.1. The Morgan fingerprint density at radius 3 is 2.44 bits per heavy atom. The van der Waals surface area contributed by atoms with Crippen LogP contribution in [0.15, 0.2) is 24.3 Å². The summed E-state index contributed by atoms with van der Waals surface area (Å²) in [5, 5.41) is 19.7. The van der Waals surface area contributed by atoms with E-state index < -0.39 is 30.3 Å². The SMILES string of the molecule is O=C(O)C[C@H](NC(=O)c1cccc(Cl)c1)C(=O)O. The van der Waals surface area contributed by atoms with E-state index in [1.165, 1.54) is 18.2 Å². The van der Waals surface area contributed by atoms with Crippen LogP contribution in [0.25, 0.3) is 0 Å². The fraction of sp³-hybridized carbons (Fsp3) is 0.182. The van der Waals surface area contributed by atoms with E-state index in [2.05, 4.69) is 5.32 Å². The quantitative estimate of drug-likeness (QED) is 0.741. The second kappa shape index (κ2) is 6.02. The lowest BCUT2D eigenvalue weighted by Gasteiger charge is -2.12. The van der Waals surface area contributed by atoms with E-state index in [4.69, 9.17) is 21.8 Å². The molecule has 0 saturated carbocycles. The molecule has 0 heterocycles. The number of nitrogens with one attached hydrogen (secondary N) is 1. The predicted molar refractivity (Wildman–Crippen MR) is 62.6 cm³/mol. The summed E-state index contributed by atoms with van der Waals surface area (Å²) in [7, 11) is 0. The highest BCUT2D eigenvalue weighted by Gasteiger charge is 2.23. The summed E-state index contributed by atoms with van der Waals surface area (Å²) in [6, 6.07) is 4.42. The highest BCUT2D eigenvalue weighted by atomic mass is 35.5. The topological polar surface area (TPSA) is 104 Å². The molecule has 1 amide bonds. The number of hydrogen-bond acceptors (Lipinski definition) is 3. The van der Waals surface area contributed by atoms with Crippen molar-refractivity contribution in [2.45, 2.75) is 12.5 Å².